The van der Waals surface area contributed by atoms with Crippen molar-refractivity contribution in [3.05, 3.63) is 65.7 Å². The van der Waals surface area contributed by atoms with Gasteiger partial charge in [-0.1, -0.05) is 36.4 Å². The highest BCUT2D eigenvalue weighted by atomic mass is 32.1. The molecule has 2 rings (SSSR count). The Balaban J connectivity index is 1.74. The van der Waals surface area contributed by atoms with Crippen LogP contribution in [0.3, 0.4) is 0 Å². The second kappa shape index (κ2) is 8.14. The zero-order valence-electron chi connectivity index (χ0n) is 12.1. The van der Waals surface area contributed by atoms with E-state index in [4.69, 9.17) is 17.3 Å². The van der Waals surface area contributed by atoms with Crippen molar-refractivity contribution >= 4 is 29.0 Å². The Hall–Kier alpha value is -2.40. The number of aryl methyl sites for hydroxylation is 1. The van der Waals surface area contributed by atoms with Gasteiger partial charge in [0.2, 0.25) is 0 Å². The lowest BCUT2D eigenvalue weighted by Crippen LogP contribution is -2.29. The second-order valence-corrected chi connectivity index (χ2v) is 5.26. The van der Waals surface area contributed by atoms with Crippen molar-refractivity contribution in [2.45, 2.75) is 12.8 Å². The maximum Gasteiger partial charge on any atom is 0.335 e. The summed E-state index contributed by atoms with van der Waals surface area (Å²) >= 11 is 5.21. The van der Waals surface area contributed by atoms with E-state index in [1.165, 1.54) is 5.56 Å². The van der Waals surface area contributed by atoms with Crippen LogP contribution in [-0.2, 0) is 6.42 Å². The highest BCUT2D eigenvalue weighted by Crippen LogP contribution is 2.10. The number of carboxylic acid groups (broad SMARTS) is 1. The van der Waals surface area contributed by atoms with Crippen molar-refractivity contribution < 1.29 is 9.90 Å². The lowest BCUT2D eigenvalue weighted by atomic mass is 10.1. The molecule has 0 heterocycles. The number of aromatic carboxylic acids is 1. The molecule has 2 aromatic carbocycles. The molecule has 0 bridgehead atoms. The predicted octanol–water partition coefficient (Wildman–Crippen LogP) is 3.30. The van der Waals surface area contributed by atoms with E-state index in [-0.39, 0.29) is 5.56 Å². The van der Waals surface area contributed by atoms with Gasteiger partial charge >= 0.3 is 5.97 Å². The third kappa shape index (κ3) is 5.18. The Bertz CT molecular complexity index is 644. The second-order valence-electron chi connectivity index (χ2n) is 4.86. The Morgan fingerprint density at radius 3 is 2.59 bits per heavy atom. The van der Waals surface area contributed by atoms with Crippen molar-refractivity contribution in [3.8, 4) is 0 Å². The summed E-state index contributed by atoms with van der Waals surface area (Å²) in [5, 5.41) is 15.6. The van der Waals surface area contributed by atoms with Crippen LogP contribution in [0, 0.1) is 0 Å². The third-order valence-corrected chi connectivity index (χ3v) is 3.38. The number of carboxylic acids is 1. The number of benzene rings is 2. The normalized spacial score (nSPS) is 10.0. The topological polar surface area (TPSA) is 61.4 Å². The molecular weight excluding hydrogens is 296 g/mol. The van der Waals surface area contributed by atoms with E-state index in [0.29, 0.717) is 10.8 Å². The van der Waals surface area contributed by atoms with Crippen molar-refractivity contribution in [1.29, 1.82) is 0 Å². The molecule has 0 radical (unpaired) electrons. The summed E-state index contributed by atoms with van der Waals surface area (Å²) in [7, 11) is 0. The first-order chi connectivity index (χ1) is 10.6. The average molecular weight is 314 g/mol. The van der Waals surface area contributed by atoms with Gasteiger partial charge in [0.25, 0.3) is 0 Å². The Kier molecular flexibility index (Phi) is 5.91. The Morgan fingerprint density at radius 1 is 1.09 bits per heavy atom. The minimum atomic E-state index is -0.953. The molecule has 0 saturated carbocycles. The smallest absolute Gasteiger partial charge is 0.335 e. The first-order valence-corrected chi connectivity index (χ1v) is 7.48. The highest BCUT2D eigenvalue weighted by molar-refractivity contribution is 7.80. The fourth-order valence-corrected chi connectivity index (χ4v) is 2.26. The standard InChI is InChI=1S/C17H18N2O2S/c20-16(21)14-9-4-10-15(12-14)19-17(22)18-11-5-8-13-6-2-1-3-7-13/h1-4,6-7,9-10,12H,5,8,11H2,(H,20,21)(H2,18,19,22). The summed E-state index contributed by atoms with van der Waals surface area (Å²) in [6.07, 6.45) is 1.96. The molecule has 2 aromatic rings. The van der Waals surface area contributed by atoms with Gasteiger partial charge in [-0.15, -0.1) is 0 Å². The Labute approximate surface area is 135 Å². The van der Waals surface area contributed by atoms with E-state index in [2.05, 4.69) is 22.8 Å². The lowest BCUT2D eigenvalue weighted by Gasteiger charge is -2.11. The maximum absolute atomic E-state index is 10.9. The molecule has 0 spiro atoms. The molecule has 0 aliphatic rings. The van der Waals surface area contributed by atoms with Crippen LogP contribution >= 0.6 is 12.2 Å². The van der Waals surface area contributed by atoms with Gasteiger partial charge in [0.1, 0.15) is 0 Å². The number of nitrogens with one attached hydrogen (secondary N) is 2. The molecule has 0 amide bonds. The van der Waals surface area contributed by atoms with Crippen molar-refractivity contribution in [3.63, 3.8) is 0 Å². The summed E-state index contributed by atoms with van der Waals surface area (Å²) in [6.45, 7) is 0.763. The molecule has 0 unspecified atom stereocenters. The Morgan fingerprint density at radius 2 is 1.86 bits per heavy atom. The number of hydrogen-bond donors (Lipinski definition) is 3. The predicted molar refractivity (Wildman–Crippen MR) is 92.4 cm³/mol. The average Bonchev–Trinajstić information content (AvgIpc) is 2.53. The van der Waals surface area contributed by atoms with Crippen molar-refractivity contribution in [1.82, 2.24) is 5.32 Å². The minimum Gasteiger partial charge on any atom is -0.478 e. The molecular formula is C17H18N2O2S. The third-order valence-electron chi connectivity index (χ3n) is 3.14. The molecule has 0 aliphatic heterocycles. The molecule has 0 aromatic heterocycles. The summed E-state index contributed by atoms with van der Waals surface area (Å²) in [4.78, 5) is 10.9. The van der Waals surface area contributed by atoms with Crippen LogP contribution in [0.25, 0.3) is 0 Å². The van der Waals surface area contributed by atoms with E-state index in [1.807, 2.05) is 18.2 Å². The van der Waals surface area contributed by atoms with Crippen LogP contribution in [0.2, 0.25) is 0 Å². The first kappa shape index (κ1) is 16.0. The maximum atomic E-state index is 10.9. The largest absolute Gasteiger partial charge is 0.478 e. The number of rotatable bonds is 6. The summed E-state index contributed by atoms with van der Waals surface area (Å²) in [6, 6.07) is 16.8. The summed E-state index contributed by atoms with van der Waals surface area (Å²) in [5.41, 5.74) is 2.20. The van der Waals surface area contributed by atoms with Gasteiger partial charge in [-0.05, 0) is 48.8 Å². The molecule has 4 nitrogen and oxygen atoms in total. The zero-order valence-corrected chi connectivity index (χ0v) is 12.9. The summed E-state index contributed by atoms with van der Waals surface area (Å²) in [5.74, 6) is -0.953. The molecule has 114 valence electrons. The number of carbonyl (C=O) groups is 1. The SMILES string of the molecule is O=C(O)c1cccc(NC(=S)NCCCc2ccccc2)c1. The molecule has 0 aliphatic carbocycles. The number of hydrogen-bond acceptors (Lipinski definition) is 2. The fraction of sp³-hybridized carbons (Fsp3) is 0.176. The van der Waals surface area contributed by atoms with E-state index < -0.39 is 5.97 Å². The van der Waals surface area contributed by atoms with Gasteiger partial charge in [0, 0.05) is 12.2 Å². The van der Waals surface area contributed by atoms with Crippen molar-refractivity contribution in [2.75, 3.05) is 11.9 Å². The number of anilines is 1. The van der Waals surface area contributed by atoms with Gasteiger partial charge in [0.05, 0.1) is 5.56 Å². The van der Waals surface area contributed by atoms with E-state index >= 15 is 0 Å². The van der Waals surface area contributed by atoms with Gasteiger partial charge in [-0.2, -0.15) is 0 Å². The number of thiocarbonyl (C=S) groups is 1. The van der Waals surface area contributed by atoms with Crippen LogP contribution < -0.4 is 10.6 Å². The van der Waals surface area contributed by atoms with E-state index in [9.17, 15) is 4.79 Å². The van der Waals surface area contributed by atoms with Gasteiger partial charge in [0.15, 0.2) is 5.11 Å². The van der Waals surface area contributed by atoms with E-state index in [1.54, 1.807) is 24.3 Å². The monoisotopic (exact) mass is 314 g/mol. The lowest BCUT2D eigenvalue weighted by molar-refractivity contribution is 0.0697. The summed E-state index contributed by atoms with van der Waals surface area (Å²) < 4.78 is 0. The quantitative estimate of drug-likeness (QED) is 0.564. The van der Waals surface area contributed by atoms with Crippen LogP contribution in [0.15, 0.2) is 54.6 Å². The first-order valence-electron chi connectivity index (χ1n) is 7.07. The molecule has 22 heavy (non-hydrogen) atoms. The van der Waals surface area contributed by atoms with Gasteiger partial charge < -0.3 is 15.7 Å². The van der Waals surface area contributed by atoms with Gasteiger partial charge in [-0.3, -0.25) is 0 Å². The zero-order chi connectivity index (χ0) is 15.8. The molecule has 0 atom stereocenters. The van der Waals surface area contributed by atoms with Crippen LogP contribution in [0.4, 0.5) is 5.69 Å². The fourth-order valence-electron chi connectivity index (χ4n) is 2.04. The van der Waals surface area contributed by atoms with Crippen LogP contribution in [0.1, 0.15) is 22.3 Å². The highest BCUT2D eigenvalue weighted by Gasteiger charge is 2.04. The molecule has 0 saturated heterocycles. The van der Waals surface area contributed by atoms with E-state index in [0.717, 1.165) is 19.4 Å². The molecule has 3 N–H and O–H groups in total. The molecule has 5 heteroatoms. The van der Waals surface area contributed by atoms with Gasteiger partial charge in [-0.25, -0.2) is 4.79 Å². The minimum absolute atomic E-state index is 0.233. The van der Waals surface area contributed by atoms with Crippen LogP contribution in [-0.4, -0.2) is 22.7 Å². The van der Waals surface area contributed by atoms with Crippen LogP contribution in [0.5, 0.6) is 0 Å². The van der Waals surface area contributed by atoms with Crippen molar-refractivity contribution in [2.24, 2.45) is 0 Å². The molecule has 0 fully saturated rings.